The minimum atomic E-state index is -5.80. The third kappa shape index (κ3) is 2.08. The van der Waals surface area contributed by atoms with Crippen molar-refractivity contribution in [2.45, 2.75) is 12.2 Å². The quantitative estimate of drug-likeness (QED) is 0.509. The van der Waals surface area contributed by atoms with Crippen LogP contribution >= 0.6 is 0 Å². The Morgan fingerprint density at radius 3 is 1.42 bits per heavy atom. The molecular weight excluding hydrogens is 198 g/mol. The lowest BCUT2D eigenvalue weighted by atomic mass is 10.3. The zero-order valence-corrected chi connectivity index (χ0v) is 4.99. The average Bonchev–Trinajstić information content (AvgIpc) is 2.00. The maximum atomic E-state index is 11.9. The van der Waals surface area contributed by atoms with Crippen molar-refractivity contribution in [2.75, 3.05) is 0 Å². The molecule has 9 heteroatoms. The van der Waals surface area contributed by atoms with Crippen molar-refractivity contribution in [3.8, 4) is 0 Å². The minimum absolute atomic E-state index is 1.74. The second-order valence-corrected chi connectivity index (χ2v) is 1.52. The van der Waals surface area contributed by atoms with Crippen LogP contribution in [0.2, 0.25) is 0 Å². The maximum absolute atomic E-state index is 11.9. The highest BCUT2D eigenvalue weighted by molar-refractivity contribution is 5.89. The smallest absolute Gasteiger partial charge is 0.280 e. The molecule has 12 heavy (non-hydrogen) atoms. The second kappa shape index (κ2) is 3.27. The first-order valence-corrected chi connectivity index (χ1v) is 2.18. The summed E-state index contributed by atoms with van der Waals surface area (Å²) in [5.41, 5.74) is 0. The molecule has 0 aliphatic heterocycles. The van der Waals surface area contributed by atoms with Gasteiger partial charge in [-0.2, -0.15) is 17.6 Å². The van der Waals surface area contributed by atoms with Crippen LogP contribution in [0.15, 0.2) is 0 Å². The number of ketones is 1. The molecule has 0 saturated carbocycles. The van der Waals surface area contributed by atoms with Crippen LogP contribution in [-0.4, -0.2) is 18.0 Å². The molecule has 0 aromatic heterocycles. The van der Waals surface area contributed by atoms with E-state index in [0.717, 1.165) is 0 Å². The Morgan fingerprint density at radius 2 is 1.33 bits per heavy atom. The standard InChI is InChI=1S/C3F6O3/c4-2(5,6)1(10)3(7,11-8)12-9. The molecule has 0 bridgehead atoms. The molecule has 0 aliphatic carbocycles. The molecule has 3 nitrogen and oxygen atoms in total. The van der Waals surface area contributed by atoms with Gasteiger partial charge in [-0.15, -0.1) is 9.88 Å². The van der Waals surface area contributed by atoms with Gasteiger partial charge in [0.1, 0.15) is 0 Å². The van der Waals surface area contributed by atoms with E-state index < -0.39 is 18.0 Å². The fourth-order valence-corrected chi connectivity index (χ4v) is 0.251. The van der Waals surface area contributed by atoms with Crippen LogP contribution in [0.5, 0.6) is 0 Å². The molecule has 72 valence electrons. The van der Waals surface area contributed by atoms with Crippen LogP contribution in [0.1, 0.15) is 0 Å². The first-order chi connectivity index (χ1) is 5.28. The zero-order valence-electron chi connectivity index (χ0n) is 4.99. The van der Waals surface area contributed by atoms with Gasteiger partial charge in [-0.1, -0.05) is 0 Å². The van der Waals surface area contributed by atoms with E-state index in [1.165, 1.54) is 0 Å². The molecule has 0 unspecified atom stereocenters. The van der Waals surface area contributed by atoms with E-state index in [-0.39, 0.29) is 0 Å². The monoisotopic (exact) mass is 198 g/mol. The van der Waals surface area contributed by atoms with Gasteiger partial charge in [-0.25, -0.2) is 0 Å². The molecule has 0 saturated heterocycles. The van der Waals surface area contributed by atoms with E-state index in [1.54, 1.807) is 9.88 Å². The number of alkyl halides is 4. The largest absolute Gasteiger partial charge is 0.459 e. The number of halogens is 6. The van der Waals surface area contributed by atoms with E-state index >= 15 is 0 Å². The van der Waals surface area contributed by atoms with Gasteiger partial charge in [0.25, 0.3) is 0 Å². The molecule has 0 N–H and O–H groups in total. The molecule has 0 aliphatic rings. The van der Waals surface area contributed by atoms with Crippen LogP contribution in [0, 0.1) is 0 Å². The van der Waals surface area contributed by atoms with Crippen molar-refractivity contribution in [2.24, 2.45) is 0 Å². The third-order valence-corrected chi connectivity index (χ3v) is 0.727. The fraction of sp³-hybridized carbons (Fsp3) is 0.667. The topological polar surface area (TPSA) is 35.5 Å². The van der Waals surface area contributed by atoms with Crippen LogP contribution in [0.4, 0.5) is 26.6 Å². The number of carbonyl (C=O) groups excluding carboxylic acids is 1. The van der Waals surface area contributed by atoms with Crippen LogP contribution in [0.3, 0.4) is 0 Å². The van der Waals surface area contributed by atoms with Gasteiger partial charge >= 0.3 is 18.0 Å². The first kappa shape index (κ1) is 11.2. The Labute approximate surface area is 60.7 Å². The summed E-state index contributed by atoms with van der Waals surface area (Å²) >= 11 is 0. The Bertz CT molecular complexity index is 171. The van der Waals surface area contributed by atoms with Crippen molar-refractivity contribution in [1.29, 1.82) is 0 Å². The predicted molar refractivity (Wildman–Crippen MR) is 19.3 cm³/mol. The van der Waals surface area contributed by atoms with Crippen molar-refractivity contribution >= 4 is 5.78 Å². The Hall–Kier alpha value is -0.830. The number of hydrogen-bond donors (Lipinski definition) is 0. The molecule has 0 heterocycles. The highest BCUT2D eigenvalue weighted by atomic mass is 19.4. The summed E-state index contributed by atoms with van der Waals surface area (Å²) in [5.74, 6) is -3.47. The summed E-state index contributed by atoms with van der Waals surface area (Å²) in [7, 11) is 0. The SMILES string of the molecule is O=C(C(F)(F)F)C(F)(OF)OF. The van der Waals surface area contributed by atoms with E-state index in [4.69, 9.17) is 0 Å². The van der Waals surface area contributed by atoms with Crippen LogP contribution in [0.25, 0.3) is 0 Å². The van der Waals surface area contributed by atoms with Gasteiger partial charge in [0.15, 0.2) is 0 Å². The number of rotatable bonds is 3. The fourth-order valence-electron chi connectivity index (χ4n) is 0.251. The highest BCUT2D eigenvalue weighted by Crippen LogP contribution is 2.28. The van der Waals surface area contributed by atoms with Crippen molar-refractivity contribution in [1.82, 2.24) is 0 Å². The van der Waals surface area contributed by atoms with E-state index in [0.29, 0.717) is 0 Å². The summed E-state index contributed by atoms with van der Waals surface area (Å²) in [4.78, 5) is 13.2. The molecule has 0 aromatic carbocycles. The number of Topliss-reactive ketones (excluding diaryl/α,β-unsaturated/α-hetero) is 1. The van der Waals surface area contributed by atoms with Crippen molar-refractivity contribution < 1.29 is 41.3 Å². The summed E-state index contributed by atoms with van der Waals surface area (Å²) < 4.78 is 67.3. The highest BCUT2D eigenvalue weighted by Gasteiger charge is 2.59. The Kier molecular flexibility index (Phi) is 3.04. The zero-order chi connectivity index (χ0) is 9.99. The molecule has 0 amide bonds. The number of carbonyl (C=O) groups is 1. The van der Waals surface area contributed by atoms with Crippen molar-refractivity contribution in [3.63, 3.8) is 0 Å². The summed E-state index contributed by atoms with van der Waals surface area (Å²) in [6.07, 6.45) is -5.80. The lowest BCUT2D eigenvalue weighted by Crippen LogP contribution is -2.44. The second-order valence-electron chi connectivity index (χ2n) is 1.52. The van der Waals surface area contributed by atoms with Gasteiger partial charge in [-0.05, 0) is 9.05 Å². The normalized spacial score (nSPS) is 13.2. The average molecular weight is 198 g/mol. The van der Waals surface area contributed by atoms with Crippen molar-refractivity contribution in [3.05, 3.63) is 0 Å². The molecule has 0 aromatic rings. The van der Waals surface area contributed by atoms with Crippen LogP contribution < -0.4 is 0 Å². The molecule has 0 fully saturated rings. The van der Waals surface area contributed by atoms with Gasteiger partial charge < -0.3 is 0 Å². The molecule has 0 atom stereocenters. The van der Waals surface area contributed by atoms with Gasteiger partial charge in [0.05, 0.1) is 0 Å². The van der Waals surface area contributed by atoms with Gasteiger partial charge in [-0.3, -0.25) is 4.79 Å². The molecule has 0 radical (unpaired) electrons. The Balaban J connectivity index is 4.66. The summed E-state index contributed by atoms with van der Waals surface area (Å²) in [6.45, 7) is 0. The Morgan fingerprint density at radius 1 is 1.00 bits per heavy atom. The number of hydrogen-bond acceptors (Lipinski definition) is 3. The maximum Gasteiger partial charge on any atom is 0.459 e. The van der Waals surface area contributed by atoms with E-state index in [1.807, 2.05) is 0 Å². The van der Waals surface area contributed by atoms with E-state index in [9.17, 15) is 31.4 Å². The van der Waals surface area contributed by atoms with Gasteiger partial charge in [0, 0.05) is 0 Å². The van der Waals surface area contributed by atoms with E-state index in [2.05, 4.69) is 0 Å². The summed E-state index contributed by atoms with van der Waals surface area (Å²) in [6, 6.07) is -5.07. The predicted octanol–water partition coefficient (Wildman–Crippen LogP) is 1.54. The summed E-state index contributed by atoms with van der Waals surface area (Å²) in [5, 5.41) is 0. The van der Waals surface area contributed by atoms with Gasteiger partial charge in [0.2, 0.25) is 0 Å². The minimum Gasteiger partial charge on any atom is -0.280 e. The van der Waals surface area contributed by atoms with Crippen LogP contribution in [-0.2, 0) is 14.7 Å². The molecular formula is C3F6O3. The third-order valence-electron chi connectivity index (χ3n) is 0.727. The first-order valence-electron chi connectivity index (χ1n) is 2.18. The molecule has 0 spiro atoms. The lowest BCUT2D eigenvalue weighted by Gasteiger charge is -2.13. The molecule has 0 rings (SSSR count). The lowest BCUT2D eigenvalue weighted by molar-refractivity contribution is -0.446.